The Balaban J connectivity index is 2.38. The van der Waals surface area contributed by atoms with Crippen LogP contribution in [0.4, 0.5) is 0 Å². The monoisotopic (exact) mass is 313 g/mol. The van der Waals surface area contributed by atoms with E-state index >= 15 is 0 Å². The zero-order valence-electron chi connectivity index (χ0n) is 13.1. The summed E-state index contributed by atoms with van der Waals surface area (Å²) in [6, 6.07) is 16.1. The number of nitrogens with zero attached hydrogens (tertiary/aromatic N) is 1. The third-order valence-electron chi connectivity index (χ3n) is 3.78. The number of ether oxygens (including phenoxy) is 1. The number of hydrogen-bond acceptors (Lipinski definition) is 2. The Hall–Kier alpha value is -1.98. The first kappa shape index (κ1) is 16.4. The lowest BCUT2D eigenvalue weighted by atomic mass is 9.89. The molecule has 0 radical (unpaired) electrons. The van der Waals surface area contributed by atoms with E-state index in [1.807, 2.05) is 30.3 Å². The van der Waals surface area contributed by atoms with Gasteiger partial charge >= 0.3 is 0 Å². The molecule has 0 N–H and O–H groups in total. The van der Waals surface area contributed by atoms with Crippen molar-refractivity contribution in [3.63, 3.8) is 0 Å². The Morgan fingerprint density at radius 3 is 2.55 bits per heavy atom. The zero-order valence-corrected chi connectivity index (χ0v) is 13.9. The average molecular weight is 314 g/mol. The summed E-state index contributed by atoms with van der Waals surface area (Å²) in [6.45, 7) is 4.29. The fraction of sp³-hybridized carbons (Fsp3) is 0.316. The Labute approximate surface area is 137 Å². The van der Waals surface area contributed by atoms with Crippen molar-refractivity contribution in [2.24, 2.45) is 0 Å². The van der Waals surface area contributed by atoms with Gasteiger partial charge in [-0.05, 0) is 41.7 Å². The molecule has 3 heteroatoms. The van der Waals surface area contributed by atoms with E-state index in [2.05, 4.69) is 32.0 Å². The van der Waals surface area contributed by atoms with E-state index in [-0.39, 0.29) is 5.92 Å². The summed E-state index contributed by atoms with van der Waals surface area (Å²) in [5, 5.41) is 10.3. The van der Waals surface area contributed by atoms with Crippen molar-refractivity contribution in [2.45, 2.75) is 32.1 Å². The lowest BCUT2D eigenvalue weighted by Gasteiger charge is -2.17. The highest BCUT2D eigenvalue weighted by Gasteiger charge is 2.18. The highest BCUT2D eigenvalue weighted by Crippen LogP contribution is 2.32. The van der Waals surface area contributed by atoms with Gasteiger partial charge in [0, 0.05) is 10.6 Å². The number of benzene rings is 2. The summed E-state index contributed by atoms with van der Waals surface area (Å²) in [6.07, 6.45) is 0.620. The number of methoxy groups -OCH3 is 1. The topological polar surface area (TPSA) is 33.0 Å². The molecule has 2 aromatic carbocycles. The largest absolute Gasteiger partial charge is 0.496 e. The Bertz CT molecular complexity index is 688. The molecule has 0 saturated carbocycles. The molecule has 0 aromatic heterocycles. The molecule has 0 aliphatic rings. The van der Waals surface area contributed by atoms with Crippen LogP contribution in [-0.2, 0) is 6.42 Å². The molecule has 2 rings (SSSR count). The molecule has 0 heterocycles. The van der Waals surface area contributed by atoms with E-state index in [0.29, 0.717) is 17.4 Å². The van der Waals surface area contributed by atoms with E-state index < -0.39 is 0 Å². The van der Waals surface area contributed by atoms with E-state index in [9.17, 15) is 5.26 Å². The third-order valence-corrected chi connectivity index (χ3v) is 4.02. The maximum absolute atomic E-state index is 9.62. The van der Waals surface area contributed by atoms with Crippen molar-refractivity contribution in [3.8, 4) is 11.8 Å². The maximum Gasteiger partial charge on any atom is 0.123 e. The first-order valence-corrected chi connectivity index (χ1v) is 7.74. The van der Waals surface area contributed by atoms with Crippen LogP contribution in [0.1, 0.15) is 42.4 Å². The molecular weight excluding hydrogens is 294 g/mol. The summed E-state index contributed by atoms with van der Waals surface area (Å²) >= 11 is 6.04. The summed E-state index contributed by atoms with van der Waals surface area (Å²) in [7, 11) is 1.64. The molecule has 0 saturated heterocycles. The van der Waals surface area contributed by atoms with Crippen LogP contribution in [0.3, 0.4) is 0 Å². The Morgan fingerprint density at radius 2 is 1.95 bits per heavy atom. The Kier molecular flexibility index (Phi) is 5.46. The average Bonchev–Trinajstić information content (AvgIpc) is 2.52. The van der Waals surface area contributed by atoms with E-state index in [0.717, 1.165) is 16.9 Å². The molecule has 114 valence electrons. The number of nitriles is 1. The summed E-state index contributed by atoms with van der Waals surface area (Å²) in [5.41, 5.74) is 3.20. The minimum Gasteiger partial charge on any atom is -0.496 e. The summed E-state index contributed by atoms with van der Waals surface area (Å²) < 4.78 is 5.45. The highest BCUT2D eigenvalue weighted by molar-refractivity contribution is 6.30. The second kappa shape index (κ2) is 7.33. The van der Waals surface area contributed by atoms with E-state index in [1.54, 1.807) is 7.11 Å². The van der Waals surface area contributed by atoms with Crippen molar-refractivity contribution in [1.29, 1.82) is 5.26 Å². The minimum atomic E-state index is -0.257. The lowest BCUT2D eigenvalue weighted by Crippen LogP contribution is -2.04. The molecule has 0 amide bonds. The van der Waals surface area contributed by atoms with Gasteiger partial charge in [-0.3, -0.25) is 0 Å². The fourth-order valence-corrected chi connectivity index (χ4v) is 2.72. The van der Waals surface area contributed by atoms with Gasteiger partial charge in [0.25, 0.3) is 0 Å². The third kappa shape index (κ3) is 3.81. The van der Waals surface area contributed by atoms with Crippen molar-refractivity contribution in [3.05, 3.63) is 64.2 Å². The van der Waals surface area contributed by atoms with Gasteiger partial charge in [-0.15, -0.1) is 0 Å². The van der Waals surface area contributed by atoms with Crippen LogP contribution >= 0.6 is 11.6 Å². The van der Waals surface area contributed by atoms with Crippen LogP contribution in [0.5, 0.6) is 5.75 Å². The quantitative estimate of drug-likeness (QED) is 0.748. The van der Waals surface area contributed by atoms with Gasteiger partial charge in [-0.25, -0.2) is 0 Å². The van der Waals surface area contributed by atoms with Gasteiger partial charge in [0.1, 0.15) is 5.75 Å². The van der Waals surface area contributed by atoms with Crippen LogP contribution in [0, 0.1) is 11.3 Å². The fourth-order valence-electron chi connectivity index (χ4n) is 2.51. The molecule has 2 nitrogen and oxygen atoms in total. The number of hydrogen-bond donors (Lipinski definition) is 0. The molecule has 2 aromatic rings. The van der Waals surface area contributed by atoms with Gasteiger partial charge in [-0.2, -0.15) is 5.26 Å². The van der Waals surface area contributed by atoms with Gasteiger partial charge in [0.2, 0.25) is 0 Å². The van der Waals surface area contributed by atoms with E-state index in [4.69, 9.17) is 16.3 Å². The van der Waals surface area contributed by atoms with Gasteiger partial charge in [-0.1, -0.05) is 49.7 Å². The first-order valence-electron chi connectivity index (χ1n) is 7.37. The van der Waals surface area contributed by atoms with Gasteiger partial charge < -0.3 is 4.74 Å². The van der Waals surface area contributed by atoms with Gasteiger partial charge in [0.15, 0.2) is 0 Å². The van der Waals surface area contributed by atoms with Crippen LogP contribution in [0.25, 0.3) is 0 Å². The maximum atomic E-state index is 9.62. The molecule has 1 atom stereocenters. The van der Waals surface area contributed by atoms with Crippen molar-refractivity contribution >= 4 is 11.6 Å². The van der Waals surface area contributed by atoms with Crippen LogP contribution in [-0.4, -0.2) is 7.11 Å². The molecule has 0 bridgehead atoms. The normalized spacial score (nSPS) is 12.0. The molecule has 0 aliphatic carbocycles. The van der Waals surface area contributed by atoms with Gasteiger partial charge in [0.05, 0.1) is 19.1 Å². The van der Waals surface area contributed by atoms with Crippen LogP contribution in [0.15, 0.2) is 42.5 Å². The number of halogens is 1. The van der Waals surface area contributed by atoms with Crippen molar-refractivity contribution in [1.82, 2.24) is 0 Å². The molecule has 22 heavy (non-hydrogen) atoms. The highest BCUT2D eigenvalue weighted by atomic mass is 35.5. The first-order chi connectivity index (χ1) is 10.5. The molecular formula is C19H20ClNO. The lowest BCUT2D eigenvalue weighted by molar-refractivity contribution is 0.407. The minimum absolute atomic E-state index is 0.257. The molecule has 0 aliphatic heterocycles. The predicted octanol–water partition coefficient (Wildman–Crippen LogP) is 5.32. The standard InChI is InChI=1S/C19H20ClNO/c1-13(2)15-7-8-19(22-3)18(11-15)16(12-21)9-14-5-4-6-17(20)10-14/h4-8,10-11,13,16H,9H2,1-3H3. The van der Waals surface area contributed by atoms with Crippen LogP contribution in [0.2, 0.25) is 5.02 Å². The second-order valence-corrected chi connectivity index (χ2v) is 6.11. The SMILES string of the molecule is COc1ccc(C(C)C)cc1C(C#N)Cc1cccc(Cl)c1. The van der Waals surface area contributed by atoms with Crippen molar-refractivity contribution < 1.29 is 4.74 Å². The summed E-state index contributed by atoms with van der Waals surface area (Å²) in [5.74, 6) is 0.917. The van der Waals surface area contributed by atoms with E-state index in [1.165, 1.54) is 5.56 Å². The second-order valence-electron chi connectivity index (χ2n) is 5.67. The Morgan fingerprint density at radius 1 is 1.18 bits per heavy atom. The molecule has 0 spiro atoms. The molecule has 1 unspecified atom stereocenters. The number of rotatable bonds is 5. The molecule has 0 fully saturated rings. The smallest absolute Gasteiger partial charge is 0.123 e. The zero-order chi connectivity index (χ0) is 16.1. The van der Waals surface area contributed by atoms with Crippen molar-refractivity contribution in [2.75, 3.05) is 7.11 Å². The van der Waals surface area contributed by atoms with Crippen LogP contribution < -0.4 is 4.74 Å². The summed E-state index contributed by atoms with van der Waals surface area (Å²) in [4.78, 5) is 0. The predicted molar refractivity (Wildman–Crippen MR) is 90.6 cm³/mol.